The van der Waals surface area contributed by atoms with E-state index in [1.54, 1.807) is 14.2 Å². The molecule has 5 heteroatoms. The number of carbonyl (C=O) groups is 1. The lowest BCUT2D eigenvalue weighted by molar-refractivity contribution is -0.123. The maximum Gasteiger partial charge on any atom is 0.237 e. The molecule has 5 nitrogen and oxygen atoms in total. The second-order valence-electron chi connectivity index (χ2n) is 6.46. The molecule has 0 heterocycles. The molecule has 1 atom stereocenters. The van der Waals surface area contributed by atoms with E-state index in [1.165, 1.54) is 19.3 Å². The summed E-state index contributed by atoms with van der Waals surface area (Å²) in [6.45, 7) is 2.67. The van der Waals surface area contributed by atoms with Gasteiger partial charge in [0.15, 0.2) is 11.5 Å². The zero-order valence-corrected chi connectivity index (χ0v) is 15.1. The Morgan fingerprint density at radius 1 is 1.17 bits per heavy atom. The highest BCUT2D eigenvalue weighted by Crippen LogP contribution is 2.27. The number of nitrogens with one attached hydrogen (secondary N) is 2. The summed E-state index contributed by atoms with van der Waals surface area (Å²) in [4.78, 5) is 12.2. The van der Waals surface area contributed by atoms with Crippen LogP contribution in [0.1, 0.15) is 44.6 Å². The fourth-order valence-electron chi connectivity index (χ4n) is 3.13. The molecule has 134 valence electrons. The molecule has 24 heavy (non-hydrogen) atoms. The van der Waals surface area contributed by atoms with Crippen LogP contribution in [0.2, 0.25) is 0 Å². The van der Waals surface area contributed by atoms with Crippen LogP contribution < -0.4 is 20.1 Å². The number of ether oxygens (including phenoxy) is 2. The normalized spacial score (nSPS) is 16.5. The van der Waals surface area contributed by atoms with Gasteiger partial charge in [0.05, 0.1) is 20.3 Å². The number of benzene rings is 1. The first-order valence-corrected chi connectivity index (χ1v) is 8.88. The SMILES string of the molecule is COc1ccc(CCN[C@@H](C)C(=O)NC2CCCCC2)cc1OC. The summed E-state index contributed by atoms with van der Waals surface area (Å²) in [7, 11) is 3.27. The molecule has 1 saturated carbocycles. The van der Waals surface area contributed by atoms with Crippen molar-refractivity contribution in [3.63, 3.8) is 0 Å². The molecular formula is C19H30N2O3. The van der Waals surface area contributed by atoms with Crippen molar-refractivity contribution in [2.24, 2.45) is 0 Å². The van der Waals surface area contributed by atoms with Crippen LogP contribution in [0, 0.1) is 0 Å². The molecule has 0 aromatic heterocycles. The van der Waals surface area contributed by atoms with Crippen molar-refractivity contribution < 1.29 is 14.3 Å². The van der Waals surface area contributed by atoms with E-state index in [0.29, 0.717) is 6.04 Å². The largest absolute Gasteiger partial charge is 0.493 e. The third kappa shape index (κ3) is 5.41. The van der Waals surface area contributed by atoms with Crippen LogP contribution in [-0.2, 0) is 11.2 Å². The average Bonchev–Trinajstić information content (AvgIpc) is 2.62. The quantitative estimate of drug-likeness (QED) is 0.767. The Bertz CT molecular complexity index is 527. The minimum absolute atomic E-state index is 0.106. The monoisotopic (exact) mass is 334 g/mol. The minimum Gasteiger partial charge on any atom is -0.493 e. The van der Waals surface area contributed by atoms with E-state index in [4.69, 9.17) is 9.47 Å². The van der Waals surface area contributed by atoms with E-state index < -0.39 is 0 Å². The van der Waals surface area contributed by atoms with Crippen molar-refractivity contribution in [3.8, 4) is 11.5 Å². The molecule has 0 unspecified atom stereocenters. The topological polar surface area (TPSA) is 59.6 Å². The van der Waals surface area contributed by atoms with Gasteiger partial charge in [-0.15, -0.1) is 0 Å². The van der Waals surface area contributed by atoms with Gasteiger partial charge in [-0.25, -0.2) is 0 Å². The Hall–Kier alpha value is -1.75. The molecule has 1 aliphatic rings. The van der Waals surface area contributed by atoms with Crippen LogP contribution in [0.5, 0.6) is 11.5 Å². The van der Waals surface area contributed by atoms with Crippen LogP contribution in [-0.4, -0.2) is 38.8 Å². The van der Waals surface area contributed by atoms with Crippen LogP contribution in [0.3, 0.4) is 0 Å². The fourth-order valence-corrected chi connectivity index (χ4v) is 3.13. The van der Waals surface area contributed by atoms with Gasteiger partial charge < -0.3 is 20.1 Å². The molecule has 0 spiro atoms. The summed E-state index contributed by atoms with van der Waals surface area (Å²) in [6, 6.07) is 6.10. The summed E-state index contributed by atoms with van der Waals surface area (Å²) in [5.74, 6) is 1.57. The van der Waals surface area contributed by atoms with Gasteiger partial charge in [0.25, 0.3) is 0 Å². The van der Waals surface area contributed by atoms with E-state index >= 15 is 0 Å². The third-order valence-corrected chi connectivity index (χ3v) is 4.66. The van der Waals surface area contributed by atoms with Gasteiger partial charge in [-0.1, -0.05) is 25.3 Å². The lowest BCUT2D eigenvalue weighted by atomic mass is 9.95. The van der Waals surface area contributed by atoms with Crippen molar-refractivity contribution in [3.05, 3.63) is 23.8 Å². The number of rotatable bonds is 8. The molecule has 2 rings (SSSR count). The molecule has 0 radical (unpaired) electrons. The van der Waals surface area contributed by atoms with E-state index in [9.17, 15) is 4.79 Å². The second kappa shape index (κ2) is 9.52. The highest BCUT2D eigenvalue weighted by atomic mass is 16.5. The molecule has 1 fully saturated rings. The van der Waals surface area contributed by atoms with Gasteiger partial charge in [-0.05, 0) is 50.4 Å². The first kappa shape index (κ1) is 18.6. The average molecular weight is 334 g/mol. The zero-order chi connectivity index (χ0) is 17.4. The van der Waals surface area contributed by atoms with E-state index in [1.807, 2.05) is 25.1 Å². The molecule has 1 amide bonds. The van der Waals surface area contributed by atoms with Gasteiger partial charge >= 0.3 is 0 Å². The van der Waals surface area contributed by atoms with Crippen LogP contribution in [0.15, 0.2) is 18.2 Å². The van der Waals surface area contributed by atoms with Crippen LogP contribution >= 0.6 is 0 Å². The lowest BCUT2D eigenvalue weighted by Gasteiger charge is -2.24. The highest BCUT2D eigenvalue weighted by molar-refractivity contribution is 5.81. The van der Waals surface area contributed by atoms with Crippen molar-refractivity contribution in [2.75, 3.05) is 20.8 Å². The molecular weight excluding hydrogens is 304 g/mol. The van der Waals surface area contributed by atoms with Crippen molar-refractivity contribution in [1.29, 1.82) is 0 Å². The maximum absolute atomic E-state index is 12.2. The van der Waals surface area contributed by atoms with Gasteiger partial charge in [-0.2, -0.15) is 0 Å². The molecule has 0 aliphatic heterocycles. The summed E-state index contributed by atoms with van der Waals surface area (Å²) in [6.07, 6.45) is 6.82. The van der Waals surface area contributed by atoms with Gasteiger partial charge in [0.1, 0.15) is 0 Å². The van der Waals surface area contributed by atoms with Crippen LogP contribution in [0.4, 0.5) is 0 Å². The predicted molar refractivity (Wildman–Crippen MR) is 95.7 cm³/mol. The van der Waals surface area contributed by atoms with Gasteiger partial charge in [0, 0.05) is 6.04 Å². The molecule has 0 saturated heterocycles. The number of hydrogen-bond acceptors (Lipinski definition) is 4. The summed E-state index contributed by atoms with van der Waals surface area (Å²) >= 11 is 0. The summed E-state index contributed by atoms with van der Waals surface area (Å²) < 4.78 is 10.6. The summed E-state index contributed by atoms with van der Waals surface area (Å²) in [5.41, 5.74) is 1.15. The number of carbonyl (C=O) groups excluding carboxylic acids is 1. The Morgan fingerprint density at radius 3 is 2.54 bits per heavy atom. The van der Waals surface area contributed by atoms with Crippen molar-refractivity contribution in [1.82, 2.24) is 10.6 Å². The Balaban J connectivity index is 1.75. The molecule has 2 N–H and O–H groups in total. The Kier molecular flexibility index (Phi) is 7.37. The lowest BCUT2D eigenvalue weighted by Crippen LogP contribution is -2.47. The van der Waals surface area contributed by atoms with E-state index in [-0.39, 0.29) is 11.9 Å². The van der Waals surface area contributed by atoms with Crippen LogP contribution in [0.25, 0.3) is 0 Å². The van der Waals surface area contributed by atoms with Crippen molar-refractivity contribution in [2.45, 2.75) is 57.5 Å². The molecule has 1 aromatic carbocycles. The molecule has 1 aromatic rings. The first-order valence-electron chi connectivity index (χ1n) is 8.88. The number of amides is 1. The third-order valence-electron chi connectivity index (χ3n) is 4.66. The number of hydrogen-bond donors (Lipinski definition) is 2. The Labute approximate surface area is 145 Å². The smallest absolute Gasteiger partial charge is 0.237 e. The molecule has 1 aliphatic carbocycles. The fraction of sp³-hybridized carbons (Fsp3) is 0.632. The maximum atomic E-state index is 12.2. The van der Waals surface area contributed by atoms with Crippen molar-refractivity contribution >= 4 is 5.91 Å². The first-order chi connectivity index (χ1) is 11.6. The molecule has 0 bridgehead atoms. The second-order valence-corrected chi connectivity index (χ2v) is 6.46. The zero-order valence-electron chi connectivity index (χ0n) is 15.1. The van der Waals surface area contributed by atoms with Gasteiger partial charge in [0.2, 0.25) is 5.91 Å². The standard InChI is InChI=1S/C19H30N2O3/c1-14(19(22)21-16-7-5-4-6-8-16)20-12-11-15-9-10-17(23-2)18(13-15)24-3/h9-10,13-14,16,20H,4-8,11-12H2,1-3H3,(H,21,22)/t14-/m0/s1. The highest BCUT2D eigenvalue weighted by Gasteiger charge is 2.19. The number of methoxy groups -OCH3 is 2. The predicted octanol–water partition coefficient (Wildman–Crippen LogP) is 2.67. The Morgan fingerprint density at radius 2 is 1.88 bits per heavy atom. The van der Waals surface area contributed by atoms with Gasteiger partial charge in [-0.3, -0.25) is 4.79 Å². The van der Waals surface area contributed by atoms with E-state index in [0.717, 1.165) is 42.9 Å². The van der Waals surface area contributed by atoms with E-state index in [2.05, 4.69) is 10.6 Å². The summed E-state index contributed by atoms with van der Waals surface area (Å²) in [5, 5.41) is 6.47. The minimum atomic E-state index is -0.174.